The van der Waals surface area contributed by atoms with Gasteiger partial charge in [-0.2, -0.15) is 0 Å². The summed E-state index contributed by atoms with van der Waals surface area (Å²) in [6, 6.07) is 20.9. The maximum atomic E-state index is 13.8. The number of aryl methyl sites for hydroxylation is 2. The Kier molecular flexibility index (Phi) is 6.57. The molecule has 0 fully saturated rings. The minimum absolute atomic E-state index is 0.124. The Labute approximate surface area is 214 Å². The molecule has 1 aliphatic heterocycles. The van der Waals surface area contributed by atoms with Crippen LogP contribution in [0.4, 0.5) is 11.4 Å². The maximum Gasteiger partial charge on any atom is 0.262 e. The number of carbonyl (C=O) groups excluding carboxylic acids is 2. The average molecular weight is 498 g/mol. The molecule has 4 aromatic rings. The van der Waals surface area contributed by atoms with Gasteiger partial charge >= 0.3 is 0 Å². The first-order chi connectivity index (χ1) is 17.4. The minimum Gasteiger partial charge on any atom is -0.496 e. The fourth-order valence-electron chi connectivity index (χ4n) is 4.58. The minimum atomic E-state index is -0.149. The van der Waals surface area contributed by atoms with Crippen LogP contribution in [0.2, 0.25) is 0 Å². The summed E-state index contributed by atoms with van der Waals surface area (Å²) in [5.41, 5.74) is 5.84. The van der Waals surface area contributed by atoms with Gasteiger partial charge in [0.15, 0.2) is 0 Å². The topological polar surface area (TPSA) is 71.5 Å². The summed E-state index contributed by atoms with van der Waals surface area (Å²) >= 11 is 1.68. The molecule has 0 saturated heterocycles. The number of carbonyl (C=O) groups is 2. The highest BCUT2D eigenvalue weighted by Gasteiger charge is 2.28. The average Bonchev–Trinajstić information content (AvgIpc) is 3.18. The third-order valence-corrected chi connectivity index (χ3v) is 7.42. The molecule has 5 rings (SSSR count). The lowest BCUT2D eigenvalue weighted by Gasteiger charge is -2.24. The zero-order valence-electron chi connectivity index (χ0n) is 20.5. The molecule has 0 spiro atoms. The molecule has 2 heterocycles. The molecule has 0 radical (unpaired) electrons. The van der Waals surface area contributed by atoms with Crippen LogP contribution >= 0.6 is 11.3 Å². The van der Waals surface area contributed by atoms with Crippen LogP contribution in [-0.2, 0) is 17.6 Å². The fraction of sp³-hybridized carbons (Fsp3) is 0.207. The number of methoxy groups -OCH3 is 1. The van der Waals surface area contributed by atoms with Crippen molar-refractivity contribution in [1.82, 2.24) is 4.98 Å². The quantitative estimate of drug-likeness (QED) is 0.377. The number of anilines is 2. The van der Waals surface area contributed by atoms with E-state index in [1.165, 1.54) is 12.0 Å². The van der Waals surface area contributed by atoms with Crippen LogP contribution in [0.5, 0.6) is 5.75 Å². The van der Waals surface area contributed by atoms with Gasteiger partial charge in [0.25, 0.3) is 5.91 Å². The Morgan fingerprint density at radius 1 is 1.06 bits per heavy atom. The number of thiazole rings is 1. The summed E-state index contributed by atoms with van der Waals surface area (Å²) in [4.78, 5) is 34.2. The number of hydrogen-bond donors (Lipinski definition) is 1. The predicted molar refractivity (Wildman–Crippen MR) is 144 cm³/mol. The molecule has 7 heteroatoms. The van der Waals surface area contributed by atoms with Crippen molar-refractivity contribution in [1.29, 1.82) is 0 Å². The first-order valence-electron chi connectivity index (χ1n) is 11.8. The maximum absolute atomic E-state index is 13.8. The van der Waals surface area contributed by atoms with Gasteiger partial charge in [0, 0.05) is 35.2 Å². The smallest absolute Gasteiger partial charge is 0.262 e. The number of fused-ring (bicyclic) bond motifs is 3. The number of nitrogens with zero attached hydrogens (tertiary/aromatic N) is 2. The normalized spacial score (nSPS) is 12.4. The van der Waals surface area contributed by atoms with Crippen LogP contribution in [0.1, 0.15) is 31.4 Å². The van der Waals surface area contributed by atoms with Crippen molar-refractivity contribution >= 4 is 34.5 Å². The predicted octanol–water partition coefficient (Wildman–Crippen LogP) is 5.82. The number of rotatable bonds is 5. The molecule has 6 nitrogen and oxygen atoms in total. The first kappa shape index (κ1) is 23.8. The molecule has 0 atom stereocenters. The Bertz CT molecular complexity index is 1460. The van der Waals surface area contributed by atoms with Crippen molar-refractivity contribution in [2.24, 2.45) is 0 Å². The van der Waals surface area contributed by atoms with Crippen LogP contribution in [-0.4, -0.2) is 30.5 Å². The summed E-state index contributed by atoms with van der Waals surface area (Å²) in [6.07, 6.45) is 1.01. The summed E-state index contributed by atoms with van der Waals surface area (Å²) in [5, 5.41) is 3.95. The highest BCUT2D eigenvalue weighted by Crippen LogP contribution is 2.39. The zero-order chi connectivity index (χ0) is 25.2. The second-order valence-electron chi connectivity index (χ2n) is 8.80. The molecule has 0 aliphatic carbocycles. The van der Waals surface area contributed by atoms with E-state index in [0.717, 1.165) is 39.5 Å². The van der Waals surface area contributed by atoms with Crippen molar-refractivity contribution in [3.63, 3.8) is 0 Å². The Balaban J connectivity index is 1.40. The molecule has 36 heavy (non-hydrogen) atoms. The SMILES string of the molecule is COc1cc(NC(=O)Cc2ccccc2C)ccc1C(=O)N1CCc2sc(C)nc2-c2ccccc21. The molecule has 0 saturated carbocycles. The lowest BCUT2D eigenvalue weighted by molar-refractivity contribution is -0.115. The van der Waals surface area contributed by atoms with Gasteiger partial charge in [0.2, 0.25) is 5.91 Å². The summed E-state index contributed by atoms with van der Waals surface area (Å²) in [6.45, 7) is 4.54. The van der Waals surface area contributed by atoms with Crippen molar-refractivity contribution < 1.29 is 14.3 Å². The van der Waals surface area contributed by atoms with Crippen molar-refractivity contribution in [3.8, 4) is 17.0 Å². The number of nitrogens with one attached hydrogen (secondary N) is 1. The second kappa shape index (κ2) is 9.95. The van der Waals surface area contributed by atoms with Crippen molar-refractivity contribution in [2.75, 3.05) is 23.9 Å². The fourth-order valence-corrected chi connectivity index (χ4v) is 5.52. The van der Waals surface area contributed by atoms with E-state index in [4.69, 9.17) is 9.72 Å². The van der Waals surface area contributed by atoms with Crippen molar-refractivity contribution in [2.45, 2.75) is 26.7 Å². The highest BCUT2D eigenvalue weighted by molar-refractivity contribution is 7.12. The van der Waals surface area contributed by atoms with E-state index >= 15 is 0 Å². The molecule has 182 valence electrons. The van der Waals surface area contributed by atoms with E-state index in [1.807, 2.05) is 62.4 Å². The Hall–Kier alpha value is -3.97. The van der Waals surface area contributed by atoms with E-state index in [-0.39, 0.29) is 18.2 Å². The van der Waals surface area contributed by atoms with Crippen LogP contribution in [0.25, 0.3) is 11.3 Å². The number of hydrogen-bond acceptors (Lipinski definition) is 5. The summed E-state index contributed by atoms with van der Waals surface area (Å²) in [5.74, 6) is 0.143. The molecular formula is C29H27N3O3S. The Morgan fingerprint density at radius 2 is 1.83 bits per heavy atom. The standard InChI is InChI=1S/C29H27N3O3S/c1-18-8-4-5-9-20(18)16-27(33)31-21-12-13-23(25(17-21)35-3)29(34)32-15-14-26-28(30-19(2)36-26)22-10-6-7-11-24(22)32/h4-13,17H,14-16H2,1-3H3,(H,31,33). The second-order valence-corrected chi connectivity index (χ2v) is 10.1. The number of benzene rings is 3. The number of aromatic nitrogens is 1. The van der Waals surface area contributed by atoms with E-state index < -0.39 is 0 Å². The van der Waals surface area contributed by atoms with E-state index in [1.54, 1.807) is 34.4 Å². The third kappa shape index (κ3) is 4.62. The monoisotopic (exact) mass is 497 g/mol. The molecule has 1 aliphatic rings. The number of para-hydroxylation sites is 1. The van der Waals surface area contributed by atoms with Gasteiger partial charge < -0.3 is 15.0 Å². The van der Waals surface area contributed by atoms with Crippen LogP contribution < -0.4 is 15.0 Å². The molecule has 1 aromatic heterocycles. The van der Waals surface area contributed by atoms with Crippen molar-refractivity contribution in [3.05, 3.63) is 93.3 Å². The van der Waals surface area contributed by atoms with Gasteiger partial charge in [-0.15, -0.1) is 11.3 Å². The van der Waals surface area contributed by atoms with Gasteiger partial charge in [-0.05, 0) is 43.2 Å². The lowest BCUT2D eigenvalue weighted by Crippen LogP contribution is -2.32. The largest absolute Gasteiger partial charge is 0.496 e. The van der Waals surface area contributed by atoms with Crippen LogP contribution in [0.15, 0.2) is 66.7 Å². The van der Waals surface area contributed by atoms with E-state index in [9.17, 15) is 9.59 Å². The Morgan fingerprint density at radius 3 is 2.64 bits per heavy atom. The molecule has 1 N–H and O–H groups in total. The first-order valence-corrected chi connectivity index (χ1v) is 12.7. The van der Waals surface area contributed by atoms with Gasteiger partial charge in [-0.3, -0.25) is 9.59 Å². The van der Waals surface area contributed by atoms with Gasteiger partial charge in [0.1, 0.15) is 5.75 Å². The highest BCUT2D eigenvalue weighted by atomic mass is 32.1. The molecule has 3 aromatic carbocycles. The molecular weight excluding hydrogens is 470 g/mol. The van der Waals surface area contributed by atoms with E-state index in [0.29, 0.717) is 23.5 Å². The summed E-state index contributed by atoms with van der Waals surface area (Å²) in [7, 11) is 1.53. The van der Waals surface area contributed by atoms with Gasteiger partial charge in [-0.1, -0.05) is 42.5 Å². The van der Waals surface area contributed by atoms with E-state index in [2.05, 4.69) is 5.32 Å². The summed E-state index contributed by atoms with van der Waals surface area (Å²) < 4.78 is 5.59. The van der Waals surface area contributed by atoms with Crippen LogP contribution in [0.3, 0.4) is 0 Å². The number of ether oxygens (including phenoxy) is 1. The molecule has 0 unspecified atom stereocenters. The van der Waals surface area contributed by atoms with Gasteiger partial charge in [0.05, 0.1) is 35.5 Å². The zero-order valence-corrected chi connectivity index (χ0v) is 21.3. The lowest BCUT2D eigenvalue weighted by atomic mass is 10.1. The third-order valence-electron chi connectivity index (χ3n) is 6.39. The molecule has 2 amide bonds. The van der Waals surface area contributed by atoms with Crippen LogP contribution in [0, 0.1) is 13.8 Å². The molecule has 0 bridgehead atoms. The van der Waals surface area contributed by atoms with Gasteiger partial charge in [-0.25, -0.2) is 4.98 Å². The number of amides is 2.